The Morgan fingerprint density at radius 2 is 2.19 bits per heavy atom. The lowest BCUT2D eigenvalue weighted by atomic mass is 9.98. The first-order valence-corrected chi connectivity index (χ1v) is 8.04. The van der Waals surface area contributed by atoms with Gasteiger partial charge in [0.05, 0.1) is 17.8 Å². The molecule has 2 N–H and O–H groups in total. The summed E-state index contributed by atoms with van der Waals surface area (Å²) in [6.45, 7) is 5.52. The average molecular weight is 308 g/mol. The SMILES string of the molecule is CC1CCN(CCC(O)c2cc3cn[nH]c3cc2Cl)CC1. The van der Waals surface area contributed by atoms with Crippen molar-refractivity contribution in [3.05, 3.63) is 28.9 Å². The van der Waals surface area contributed by atoms with Crippen LogP contribution in [0, 0.1) is 5.92 Å². The summed E-state index contributed by atoms with van der Waals surface area (Å²) >= 11 is 6.27. The van der Waals surface area contributed by atoms with E-state index in [9.17, 15) is 5.11 Å². The second-order valence-electron chi connectivity index (χ2n) is 6.16. The van der Waals surface area contributed by atoms with Crippen LogP contribution in [0.1, 0.15) is 37.9 Å². The number of fused-ring (bicyclic) bond motifs is 1. The molecule has 1 unspecified atom stereocenters. The van der Waals surface area contributed by atoms with Crippen molar-refractivity contribution in [2.45, 2.75) is 32.3 Å². The highest BCUT2D eigenvalue weighted by molar-refractivity contribution is 6.32. The van der Waals surface area contributed by atoms with Gasteiger partial charge in [0.25, 0.3) is 0 Å². The van der Waals surface area contributed by atoms with Crippen LogP contribution in [0.4, 0.5) is 0 Å². The third-order valence-corrected chi connectivity index (χ3v) is 4.84. The molecule has 1 aromatic carbocycles. The summed E-state index contributed by atoms with van der Waals surface area (Å²) in [7, 11) is 0. The molecule has 1 aromatic heterocycles. The van der Waals surface area contributed by atoms with Crippen LogP contribution < -0.4 is 0 Å². The first-order chi connectivity index (χ1) is 10.1. The van der Waals surface area contributed by atoms with Crippen molar-refractivity contribution < 1.29 is 5.11 Å². The number of aliphatic hydroxyl groups excluding tert-OH is 1. The molecule has 0 saturated carbocycles. The number of rotatable bonds is 4. The number of hydrogen-bond acceptors (Lipinski definition) is 3. The smallest absolute Gasteiger partial charge is 0.0816 e. The van der Waals surface area contributed by atoms with Gasteiger partial charge in [0.2, 0.25) is 0 Å². The maximum atomic E-state index is 10.4. The van der Waals surface area contributed by atoms with Crippen molar-refractivity contribution in [2.24, 2.45) is 5.92 Å². The van der Waals surface area contributed by atoms with E-state index in [1.54, 1.807) is 6.20 Å². The number of H-pyrrole nitrogens is 1. The summed E-state index contributed by atoms with van der Waals surface area (Å²) in [6.07, 6.45) is 4.48. The van der Waals surface area contributed by atoms with E-state index in [1.807, 2.05) is 12.1 Å². The van der Waals surface area contributed by atoms with Crippen molar-refractivity contribution in [1.82, 2.24) is 15.1 Å². The standard InChI is InChI=1S/C16H22ClN3O/c1-11-2-5-20(6-3-11)7-4-16(21)13-8-12-10-18-19-15(12)9-14(13)17/h8-11,16,21H,2-7H2,1H3,(H,18,19). The summed E-state index contributed by atoms with van der Waals surface area (Å²) in [6, 6.07) is 3.77. The predicted octanol–water partition coefficient (Wildman–Crippen LogP) is 3.37. The summed E-state index contributed by atoms with van der Waals surface area (Å²) in [5.41, 5.74) is 1.71. The molecule has 0 radical (unpaired) electrons. The summed E-state index contributed by atoms with van der Waals surface area (Å²) in [5.74, 6) is 0.837. The number of benzene rings is 1. The fourth-order valence-electron chi connectivity index (χ4n) is 2.98. The first kappa shape index (κ1) is 14.8. The van der Waals surface area contributed by atoms with Crippen molar-refractivity contribution in [2.75, 3.05) is 19.6 Å². The number of aromatic nitrogens is 2. The van der Waals surface area contributed by atoms with Crippen LogP contribution in [0.2, 0.25) is 5.02 Å². The molecule has 1 fully saturated rings. The molecular formula is C16H22ClN3O. The van der Waals surface area contributed by atoms with Gasteiger partial charge in [-0.05, 0) is 56.0 Å². The molecule has 1 aliphatic rings. The number of likely N-dealkylation sites (tertiary alicyclic amines) is 1. The zero-order valence-corrected chi connectivity index (χ0v) is 13.1. The van der Waals surface area contributed by atoms with E-state index < -0.39 is 6.10 Å². The number of piperidine rings is 1. The Hall–Kier alpha value is -1.10. The number of halogens is 1. The molecule has 4 nitrogen and oxygen atoms in total. The van der Waals surface area contributed by atoms with E-state index in [4.69, 9.17) is 11.6 Å². The molecule has 0 spiro atoms. The van der Waals surface area contributed by atoms with Gasteiger partial charge in [0, 0.05) is 17.0 Å². The molecule has 1 saturated heterocycles. The number of hydrogen-bond donors (Lipinski definition) is 2. The molecule has 21 heavy (non-hydrogen) atoms. The van der Waals surface area contributed by atoms with E-state index in [0.29, 0.717) is 5.02 Å². The Morgan fingerprint density at radius 3 is 2.95 bits per heavy atom. The second-order valence-corrected chi connectivity index (χ2v) is 6.57. The predicted molar refractivity (Wildman–Crippen MR) is 85.5 cm³/mol. The van der Waals surface area contributed by atoms with Crippen LogP contribution in [-0.2, 0) is 0 Å². The van der Waals surface area contributed by atoms with Gasteiger partial charge >= 0.3 is 0 Å². The van der Waals surface area contributed by atoms with E-state index in [1.165, 1.54) is 12.8 Å². The zero-order chi connectivity index (χ0) is 14.8. The van der Waals surface area contributed by atoms with Crippen LogP contribution in [0.5, 0.6) is 0 Å². The average Bonchev–Trinajstić information content (AvgIpc) is 2.92. The molecule has 2 heterocycles. The molecule has 114 valence electrons. The van der Waals surface area contributed by atoms with Gasteiger partial charge < -0.3 is 10.0 Å². The Kier molecular flexibility index (Phi) is 4.48. The fourth-order valence-corrected chi connectivity index (χ4v) is 3.27. The molecule has 1 atom stereocenters. The molecule has 0 bridgehead atoms. The Morgan fingerprint density at radius 1 is 1.43 bits per heavy atom. The van der Waals surface area contributed by atoms with Crippen molar-refractivity contribution in [3.63, 3.8) is 0 Å². The maximum Gasteiger partial charge on any atom is 0.0816 e. The lowest BCUT2D eigenvalue weighted by molar-refractivity contribution is 0.125. The van der Waals surface area contributed by atoms with E-state index in [0.717, 1.165) is 48.4 Å². The number of nitrogens with one attached hydrogen (secondary N) is 1. The Balaban J connectivity index is 1.63. The highest BCUT2D eigenvalue weighted by atomic mass is 35.5. The van der Waals surface area contributed by atoms with Gasteiger partial charge in [-0.15, -0.1) is 0 Å². The first-order valence-electron chi connectivity index (χ1n) is 7.66. The normalized spacial score (nSPS) is 19.2. The summed E-state index contributed by atoms with van der Waals surface area (Å²) in [4.78, 5) is 2.44. The molecule has 2 aromatic rings. The van der Waals surface area contributed by atoms with E-state index in [2.05, 4.69) is 22.0 Å². The minimum atomic E-state index is -0.517. The monoisotopic (exact) mass is 307 g/mol. The minimum absolute atomic E-state index is 0.517. The Bertz CT molecular complexity index is 605. The van der Waals surface area contributed by atoms with E-state index >= 15 is 0 Å². The number of aromatic amines is 1. The lowest BCUT2D eigenvalue weighted by Crippen LogP contribution is -2.34. The minimum Gasteiger partial charge on any atom is -0.388 e. The third-order valence-electron chi connectivity index (χ3n) is 4.51. The largest absolute Gasteiger partial charge is 0.388 e. The van der Waals surface area contributed by atoms with Crippen LogP contribution >= 0.6 is 11.6 Å². The number of nitrogens with zero attached hydrogens (tertiary/aromatic N) is 2. The molecule has 1 aliphatic heterocycles. The van der Waals surface area contributed by atoms with Gasteiger partial charge in [0.15, 0.2) is 0 Å². The van der Waals surface area contributed by atoms with Crippen molar-refractivity contribution in [3.8, 4) is 0 Å². The summed E-state index contributed by atoms with van der Waals surface area (Å²) in [5, 5.41) is 18.9. The third kappa shape index (κ3) is 3.39. The van der Waals surface area contributed by atoms with Crippen LogP contribution in [-0.4, -0.2) is 39.8 Å². The van der Waals surface area contributed by atoms with Gasteiger partial charge in [-0.2, -0.15) is 5.10 Å². The van der Waals surface area contributed by atoms with Gasteiger partial charge in [0.1, 0.15) is 0 Å². The quantitative estimate of drug-likeness (QED) is 0.910. The topological polar surface area (TPSA) is 52.1 Å². The fraction of sp³-hybridized carbons (Fsp3) is 0.562. The molecule has 3 rings (SSSR count). The van der Waals surface area contributed by atoms with Crippen LogP contribution in [0.25, 0.3) is 10.9 Å². The van der Waals surface area contributed by atoms with Crippen molar-refractivity contribution in [1.29, 1.82) is 0 Å². The maximum absolute atomic E-state index is 10.4. The summed E-state index contributed by atoms with van der Waals surface area (Å²) < 4.78 is 0. The van der Waals surface area contributed by atoms with Gasteiger partial charge in [-0.25, -0.2) is 0 Å². The Labute approximate surface area is 130 Å². The van der Waals surface area contributed by atoms with Crippen molar-refractivity contribution >= 4 is 22.5 Å². The lowest BCUT2D eigenvalue weighted by Gasteiger charge is -2.30. The highest BCUT2D eigenvalue weighted by Gasteiger charge is 2.18. The molecule has 0 aliphatic carbocycles. The van der Waals surface area contributed by atoms with Gasteiger partial charge in [-0.1, -0.05) is 18.5 Å². The number of aliphatic hydroxyl groups is 1. The van der Waals surface area contributed by atoms with E-state index in [-0.39, 0.29) is 0 Å². The molecular weight excluding hydrogens is 286 g/mol. The van der Waals surface area contributed by atoms with Crippen LogP contribution in [0.3, 0.4) is 0 Å². The van der Waals surface area contributed by atoms with Gasteiger partial charge in [-0.3, -0.25) is 5.10 Å². The molecule has 5 heteroatoms. The van der Waals surface area contributed by atoms with Crippen LogP contribution in [0.15, 0.2) is 18.3 Å². The zero-order valence-electron chi connectivity index (χ0n) is 12.3. The molecule has 0 amide bonds. The highest BCUT2D eigenvalue weighted by Crippen LogP contribution is 2.29. The second kappa shape index (κ2) is 6.34.